The molecule has 0 unspecified atom stereocenters. The highest BCUT2D eigenvalue weighted by Crippen LogP contribution is 2.14. The van der Waals surface area contributed by atoms with Crippen LogP contribution in [-0.2, 0) is 14.8 Å². The molecule has 0 radical (unpaired) electrons. The van der Waals surface area contributed by atoms with Crippen LogP contribution in [0.15, 0.2) is 58.5 Å². The van der Waals surface area contributed by atoms with Gasteiger partial charge in [0.25, 0.3) is 11.6 Å². The minimum atomic E-state index is -3.78. The fourth-order valence-corrected chi connectivity index (χ4v) is 3.20. The molecule has 10 heteroatoms. The summed E-state index contributed by atoms with van der Waals surface area (Å²) in [5.74, 6) is -0.619. The van der Waals surface area contributed by atoms with E-state index in [0.29, 0.717) is 5.56 Å². The van der Waals surface area contributed by atoms with Crippen molar-refractivity contribution < 1.29 is 18.1 Å². The van der Waals surface area contributed by atoms with Gasteiger partial charge in [0.15, 0.2) is 0 Å². The summed E-state index contributed by atoms with van der Waals surface area (Å²) < 4.78 is 25.8. The van der Waals surface area contributed by atoms with Gasteiger partial charge in [-0.25, -0.2) is 13.8 Å². The number of hydrazone groups is 1. The lowest BCUT2D eigenvalue weighted by molar-refractivity contribution is -0.384. The second-order valence-electron chi connectivity index (χ2n) is 5.72. The van der Waals surface area contributed by atoms with Gasteiger partial charge in [-0.2, -0.15) is 9.41 Å². The van der Waals surface area contributed by atoms with Gasteiger partial charge in [0.1, 0.15) is 0 Å². The van der Waals surface area contributed by atoms with Crippen LogP contribution in [0.2, 0.25) is 0 Å². The van der Waals surface area contributed by atoms with E-state index in [2.05, 4.69) is 10.5 Å². The number of aryl methyl sites for hydroxylation is 1. The van der Waals surface area contributed by atoms with Crippen LogP contribution in [0.1, 0.15) is 11.1 Å². The lowest BCUT2D eigenvalue weighted by atomic mass is 10.2. The summed E-state index contributed by atoms with van der Waals surface area (Å²) in [7, 11) is -2.48. The third-order valence-electron chi connectivity index (χ3n) is 3.60. The number of nitro benzene ring substituents is 1. The van der Waals surface area contributed by atoms with Gasteiger partial charge in [-0.05, 0) is 36.8 Å². The zero-order valence-corrected chi connectivity index (χ0v) is 15.5. The van der Waals surface area contributed by atoms with Crippen LogP contribution in [0, 0.1) is 17.0 Å². The van der Waals surface area contributed by atoms with E-state index in [1.54, 1.807) is 12.1 Å². The van der Waals surface area contributed by atoms with Gasteiger partial charge in [0.2, 0.25) is 10.0 Å². The quantitative estimate of drug-likeness (QED) is 0.438. The Kier molecular flexibility index (Phi) is 6.37. The largest absolute Gasteiger partial charge is 0.272 e. The molecule has 0 aromatic heterocycles. The molecule has 27 heavy (non-hydrogen) atoms. The van der Waals surface area contributed by atoms with Crippen molar-refractivity contribution in [1.29, 1.82) is 0 Å². The zero-order chi connectivity index (χ0) is 20.0. The van der Waals surface area contributed by atoms with E-state index in [4.69, 9.17) is 0 Å². The first-order valence-corrected chi connectivity index (χ1v) is 9.23. The minimum Gasteiger partial charge on any atom is -0.272 e. The molecule has 142 valence electrons. The highest BCUT2D eigenvalue weighted by atomic mass is 32.2. The lowest BCUT2D eigenvalue weighted by Crippen LogP contribution is -2.36. The van der Waals surface area contributed by atoms with Crippen molar-refractivity contribution in [2.75, 3.05) is 13.6 Å². The van der Waals surface area contributed by atoms with Crippen molar-refractivity contribution in [3.8, 4) is 0 Å². The van der Waals surface area contributed by atoms with Crippen molar-refractivity contribution in [2.45, 2.75) is 11.8 Å². The molecule has 0 fully saturated rings. The number of hydrogen-bond acceptors (Lipinski definition) is 6. The number of carbonyl (C=O) groups excluding carboxylic acids is 1. The van der Waals surface area contributed by atoms with Crippen molar-refractivity contribution in [3.05, 3.63) is 69.8 Å². The molecule has 0 atom stereocenters. The average molecular weight is 390 g/mol. The number of nitrogens with zero attached hydrogens (tertiary/aromatic N) is 3. The summed E-state index contributed by atoms with van der Waals surface area (Å²) >= 11 is 0. The van der Waals surface area contributed by atoms with Crippen LogP contribution >= 0.6 is 0 Å². The van der Waals surface area contributed by atoms with Gasteiger partial charge >= 0.3 is 0 Å². The van der Waals surface area contributed by atoms with Crippen molar-refractivity contribution >= 4 is 27.8 Å². The predicted molar refractivity (Wildman–Crippen MR) is 99.8 cm³/mol. The Morgan fingerprint density at radius 2 is 1.78 bits per heavy atom. The molecule has 0 saturated heterocycles. The number of rotatable bonds is 7. The van der Waals surface area contributed by atoms with Gasteiger partial charge in [-0.3, -0.25) is 14.9 Å². The van der Waals surface area contributed by atoms with Crippen LogP contribution in [0.5, 0.6) is 0 Å². The molecule has 0 aliphatic carbocycles. The number of nitro groups is 1. The Morgan fingerprint density at radius 1 is 1.19 bits per heavy atom. The second-order valence-corrected chi connectivity index (χ2v) is 7.76. The maximum absolute atomic E-state index is 12.4. The number of non-ortho nitro benzene ring substituents is 1. The minimum absolute atomic E-state index is 0.0564. The lowest BCUT2D eigenvalue weighted by Gasteiger charge is -2.16. The molecule has 1 amide bonds. The first kappa shape index (κ1) is 20.2. The van der Waals surface area contributed by atoms with Crippen molar-refractivity contribution in [1.82, 2.24) is 9.73 Å². The summed E-state index contributed by atoms with van der Waals surface area (Å²) in [6.07, 6.45) is 1.30. The molecular weight excluding hydrogens is 372 g/mol. The van der Waals surface area contributed by atoms with Crippen molar-refractivity contribution in [3.63, 3.8) is 0 Å². The predicted octanol–water partition coefficient (Wildman–Crippen LogP) is 1.67. The highest BCUT2D eigenvalue weighted by molar-refractivity contribution is 7.89. The van der Waals surface area contributed by atoms with Crippen LogP contribution in [0.25, 0.3) is 0 Å². The molecule has 0 aliphatic rings. The van der Waals surface area contributed by atoms with Gasteiger partial charge in [-0.1, -0.05) is 17.7 Å². The van der Waals surface area contributed by atoms with Crippen LogP contribution in [-0.4, -0.2) is 43.4 Å². The fraction of sp³-hybridized carbons (Fsp3) is 0.176. The molecule has 2 aromatic carbocycles. The topological polar surface area (TPSA) is 122 Å². The number of hydrogen-bond donors (Lipinski definition) is 1. The molecule has 2 aromatic rings. The number of nitrogens with one attached hydrogen (secondary N) is 1. The van der Waals surface area contributed by atoms with Crippen LogP contribution in [0.4, 0.5) is 5.69 Å². The molecule has 0 heterocycles. The van der Waals surface area contributed by atoms with E-state index in [0.717, 1.165) is 9.87 Å². The number of carbonyl (C=O) groups is 1. The molecule has 0 bridgehead atoms. The molecule has 0 aliphatic heterocycles. The first-order valence-electron chi connectivity index (χ1n) is 7.79. The second kappa shape index (κ2) is 8.52. The molecule has 0 spiro atoms. The summed E-state index contributed by atoms with van der Waals surface area (Å²) in [6.45, 7) is 1.43. The Labute approximate surface area is 156 Å². The maximum atomic E-state index is 12.4. The third kappa shape index (κ3) is 5.43. The normalized spacial score (nSPS) is 11.7. The number of likely N-dealkylation sites (N-methyl/N-ethyl adjacent to an activating group) is 1. The maximum Gasteiger partial charge on any atom is 0.269 e. The summed E-state index contributed by atoms with van der Waals surface area (Å²) in [5.41, 5.74) is 3.64. The molecule has 0 saturated carbocycles. The summed E-state index contributed by atoms with van der Waals surface area (Å²) in [4.78, 5) is 22.1. The number of benzene rings is 2. The third-order valence-corrected chi connectivity index (χ3v) is 5.42. The van der Waals surface area contributed by atoms with Crippen molar-refractivity contribution in [2.24, 2.45) is 5.10 Å². The zero-order valence-electron chi connectivity index (χ0n) is 14.7. The Balaban J connectivity index is 1.94. The Bertz CT molecular complexity index is 954. The van der Waals surface area contributed by atoms with E-state index in [9.17, 15) is 23.3 Å². The Hall–Kier alpha value is -3.11. The van der Waals surface area contributed by atoms with E-state index >= 15 is 0 Å². The van der Waals surface area contributed by atoms with E-state index in [1.165, 1.54) is 49.7 Å². The molecular formula is C17H18N4O5S. The summed E-state index contributed by atoms with van der Waals surface area (Å²) in [5, 5.41) is 14.3. The number of sulfonamides is 1. The van der Waals surface area contributed by atoms with Gasteiger partial charge < -0.3 is 0 Å². The van der Waals surface area contributed by atoms with E-state index in [1.807, 2.05) is 6.92 Å². The van der Waals surface area contributed by atoms with Gasteiger partial charge in [-0.15, -0.1) is 0 Å². The van der Waals surface area contributed by atoms with Crippen LogP contribution < -0.4 is 5.43 Å². The smallest absolute Gasteiger partial charge is 0.269 e. The van der Waals surface area contributed by atoms with Gasteiger partial charge in [0.05, 0.1) is 22.6 Å². The Morgan fingerprint density at radius 3 is 2.33 bits per heavy atom. The monoisotopic (exact) mass is 390 g/mol. The average Bonchev–Trinajstić information content (AvgIpc) is 2.62. The highest BCUT2D eigenvalue weighted by Gasteiger charge is 2.22. The standard InChI is InChI=1S/C17H18N4O5S/c1-13-3-9-16(10-4-13)27(25,26)20(2)12-17(22)19-18-11-14-5-7-15(8-6-14)21(23)24/h3-11H,12H2,1-2H3,(H,19,22)/b18-11+. The first-order chi connectivity index (χ1) is 12.7. The van der Waals surface area contributed by atoms with Crippen LogP contribution in [0.3, 0.4) is 0 Å². The van der Waals surface area contributed by atoms with E-state index < -0.39 is 27.4 Å². The summed E-state index contributed by atoms with van der Waals surface area (Å²) in [6, 6.07) is 11.9. The van der Waals surface area contributed by atoms with Gasteiger partial charge in [0, 0.05) is 19.2 Å². The number of amides is 1. The molecule has 1 N–H and O–H groups in total. The van der Waals surface area contributed by atoms with E-state index in [-0.39, 0.29) is 10.6 Å². The SMILES string of the molecule is Cc1ccc(S(=O)(=O)N(C)CC(=O)N/N=C/c2ccc([N+](=O)[O-])cc2)cc1. The fourth-order valence-electron chi connectivity index (χ4n) is 2.07. The molecule has 9 nitrogen and oxygen atoms in total. The molecule has 2 rings (SSSR count).